The zero-order valence-corrected chi connectivity index (χ0v) is 18.3. The number of ether oxygens (including phenoxy) is 2. The molecule has 0 saturated carbocycles. The summed E-state index contributed by atoms with van der Waals surface area (Å²) in [6.07, 6.45) is 0. The van der Waals surface area contributed by atoms with E-state index in [9.17, 15) is 9.18 Å². The van der Waals surface area contributed by atoms with Crippen LogP contribution < -0.4 is 15.0 Å². The summed E-state index contributed by atoms with van der Waals surface area (Å²) in [5, 5.41) is 1.87. The lowest BCUT2D eigenvalue weighted by Crippen LogP contribution is -2.21. The average molecular weight is 440 g/mol. The van der Waals surface area contributed by atoms with Gasteiger partial charge in [-0.05, 0) is 54.6 Å². The van der Waals surface area contributed by atoms with E-state index in [0.29, 0.717) is 40.9 Å². The maximum Gasteiger partial charge on any atom is 0.259 e. The number of rotatable bonds is 7. The second-order valence-electron chi connectivity index (χ2n) is 7.19. The number of nitrogens with zero attached hydrogens (tertiary/aromatic N) is 3. The average Bonchev–Trinajstić information content (AvgIpc) is 3.18. The molecule has 0 aliphatic heterocycles. The summed E-state index contributed by atoms with van der Waals surface area (Å²) in [7, 11) is 5.19. The van der Waals surface area contributed by atoms with Gasteiger partial charge in [-0.3, -0.25) is 14.1 Å². The number of halogens is 1. The van der Waals surface area contributed by atoms with Crippen LogP contribution in [0.1, 0.15) is 11.3 Å². The van der Waals surface area contributed by atoms with Crippen LogP contribution in [0.2, 0.25) is 0 Å². The number of methoxy groups -OCH3 is 2. The zero-order chi connectivity index (χ0) is 22.0. The molecular weight excluding hydrogens is 417 g/mol. The molecule has 2 aromatic heterocycles. The van der Waals surface area contributed by atoms with Gasteiger partial charge in [-0.1, -0.05) is 6.07 Å². The molecule has 0 fully saturated rings. The quantitative estimate of drug-likeness (QED) is 0.432. The standard InChI is InChI=1S/C23H22FN3O3S/c1-26(12-15-4-9-20(29-2)21(10-15)30-3)13-18-11-22(28)27-19(14-31-23(27)25-18)16-5-7-17(24)8-6-16/h4-11,14H,12-13H2,1-3H3. The fourth-order valence-corrected chi connectivity index (χ4v) is 4.41. The van der Waals surface area contributed by atoms with Crippen molar-refractivity contribution in [3.63, 3.8) is 0 Å². The van der Waals surface area contributed by atoms with E-state index in [2.05, 4.69) is 9.88 Å². The van der Waals surface area contributed by atoms with Gasteiger partial charge in [-0.2, -0.15) is 0 Å². The molecule has 0 atom stereocenters. The zero-order valence-electron chi connectivity index (χ0n) is 17.5. The molecule has 0 saturated heterocycles. The highest BCUT2D eigenvalue weighted by atomic mass is 32.1. The Labute approximate surface area is 183 Å². The molecule has 0 amide bonds. The van der Waals surface area contributed by atoms with E-state index in [4.69, 9.17) is 9.47 Å². The summed E-state index contributed by atoms with van der Waals surface area (Å²) in [6, 6.07) is 13.4. The van der Waals surface area contributed by atoms with Crippen molar-refractivity contribution in [1.29, 1.82) is 0 Å². The second kappa shape index (κ2) is 8.87. The van der Waals surface area contributed by atoms with Gasteiger partial charge in [-0.25, -0.2) is 9.37 Å². The highest BCUT2D eigenvalue weighted by Crippen LogP contribution is 2.28. The maximum atomic E-state index is 13.2. The van der Waals surface area contributed by atoms with Gasteiger partial charge in [0.25, 0.3) is 5.56 Å². The first kappa shape index (κ1) is 21.0. The summed E-state index contributed by atoms with van der Waals surface area (Å²) in [5.41, 5.74) is 3.09. The second-order valence-corrected chi connectivity index (χ2v) is 8.03. The van der Waals surface area contributed by atoms with Crippen molar-refractivity contribution in [2.75, 3.05) is 21.3 Å². The van der Waals surface area contributed by atoms with Gasteiger partial charge < -0.3 is 9.47 Å². The fraction of sp³-hybridized carbons (Fsp3) is 0.217. The Bertz CT molecular complexity index is 1270. The lowest BCUT2D eigenvalue weighted by molar-refractivity contribution is 0.313. The molecule has 0 N–H and O–H groups in total. The van der Waals surface area contributed by atoms with Crippen molar-refractivity contribution in [3.8, 4) is 22.8 Å². The van der Waals surface area contributed by atoms with Crippen LogP contribution in [0.25, 0.3) is 16.2 Å². The minimum Gasteiger partial charge on any atom is -0.493 e. The van der Waals surface area contributed by atoms with E-state index in [1.54, 1.807) is 36.8 Å². The van der Waals surface area contributed by atoms with Gasteiger partial charge in [0.1, 0.15) is 5.82 Å². The van der Waals surface area contributed by atoms with Gasteiger partial charge in [0, 0.05) is 24.5 Å². The predicted molar refractivity (Wildman–Crippen MR) is 119 cm³/mol. The van der Waals surface area contributed by atoms with Gasteiger partial charge >= 0.3 is 0 Å². The molecule has 0 aliphatic rings. The van der Waals surface area contributed by atoms with Crippen LogP contribution in [0.15, 0.2) is 58.7 Å². The van der Waals surface area contributed by atoms with Crippen LogP contribution >= 0.6 is 11.3 Å². The topological polar surface area (TPSA) is 56.1 Å². The molecule has 0 radical (unpaired) electrons. The smallest absolute Gasteiger partial charge is 0.259 e. The molecule has 0 bridgehead atoms. The minimum atomic E-state index is -0.312. The molecule has 0 unspecified atom stereocenters. The van der Waals surface area contributed by atoms with E-state index < -0.39 is 0 Å². The van der Waals surface area contributed by atoms with Crippen molar-refractivity contribution in [1.82, 2.24) is 14.3 Å². The highest BCUT2D eigenvalue weighted by Gasteiger charge is 2.13. The first-order valence-corrected chi connectivity index (χ1v) is 10.5. The van der Waals surface area contributed by atoms with Gasteiger partial charge in [0.05, 0.1) is 25.6 Å². The Kier molecular flexibility index (Phi) is 6.01. The predicted octanol–water partition coefficient (Wildman–Crippen LogP) is 4.21. The molecule has 6 nitrogen and oxygen atoms in total. The summed E-state index contributed by atoms with van der Waals surface area (Å²) < 4.78 is 25.5. The fourth-order valence-electron chi connectivity index (χ4n) is 3.49. The van der Waals surface area contributed by atoms with Crippen LogP contribution in [-0.2, 0) is 13.1 Å². The third-order valence-electron chi connectivity index (χ3n) is 4.93. The molecule has 160 valence electrons. The third-order valence-corrected chi connectivity index (χ3v) is 5.76. The minimum absolute atomic E-state index is 0.153. The largest absolute Gasteiger partial charge is 0.493 e. The molecule has 0 aliphatic carbocycles. The lowest BCUT2D eigenvalue weighted by Gasteiger charge is -2.17. The van der Waals surface area contributed by atoms with Crippen molar-refractivity contribution >= 4 is 16.3 Å². The van der Waals surface area contributed by atoms with Crippen LogP contribution in [-0.4, -0.2) is 35.6 Å². The maximum absolute atomic E-state index is 13.2. The van der Waals surface area contributed by atoms with Crippen molar-refractivity contribution < 1.29 is 13.9 Å². The SMILES string of the molecule is COc1ccc(CN(C)Cc2cc(=O)n3c(-c4ccc(F)cc4)csc3n2)cc1OC. The van der Waals surface area contributed by atoms with Crippen LogP contribution in [0.4, 0.5) is 4.39 Å². The number of aromatic nitrogens is 2. The molecule has 4 rings (SSSR count). The normalized spacial score (nSPS) is 11.3. The molecule has 4 aromatic rings. The number of fused-ring (bicyclic) bond motifs is 1. The summed E-state index contributed by atoms with van der Waals surface area (Å²) >= 11 is 1.39. The van der Waals surface area contributed by atoms with Crippen LogP contribution in [0, 0.1) is 5.82 Å². The molecule has 2 heterocycles. The van der Waals surface area contributed by atoms with Gasteiger partial charge in [-0.15, -0.1) is 11.3 Å². The number of hydrogen-bond acceptors (Lipinski definition) is 6. The number of hydrogen-bond donors (Lipinski definition) is 0. The lowest BCUT2D eigenvalue weighted by atomic mass is 10.2. The van der Waals surface area contributed by atoms with Crippen molar-refractivity contribution in [2.45, 2.75) is 13.1 Å². The van der Waals surface area contributed by atoms with E-state index in [1.807, 2.05) is 30.6 Å². The summed E-state index contributed by atoms with van der Waals surface area (Å²) in [6.45, 7) is 1.18. The molecular formula is C23H22FN3O3S. The van der Waals surface area contributed by atoms with E-state index in [1.165, 1.54) is 23.5 Å². The van der Waals surface area contributed by atoms with E-state index >= 15 is 0 Å². The first-order chi connectivity index (χ1) is 15.0. The highest BCUT2D eigenvalue weighted by molar-refractivity contribution is 7.15. The Morgan fingerprint density at radius 3 is 2.48 bits per heavy atom. The molecule has 2 aromatic carbocycles. The van der Waals surface area contributed by atoms with Crippen LogP contribution in [0.3, 0.4) is 0 Å². The first-order valence-electron chi connectivity index (χ1n) is 9.64. The Hall–Kier alpha value is -3.23. The number of benzene rings is 2. The Balaban J connectivity index is 1.55. The molecule has 31 heavy (non-hydrogen) atoms. The molecule has 8 heteroatoms. The van der Waals surface area contributed by atoms with E-state index in [-0.39, 0.29) is 11.4 Å². The Morgan fingerprint density at radius 1 is 1.03 bits per heavy atom. The third kappa shape index (κ3) is 4.45. The van der Waals surface area contributed by atoms with Gasteiger partial charge in [0.2, 0.25) is 0 Å². The summed E-state index contributed by atoms with van der Waals surface area (Å²) in [4.78, 5) is 20.2. The van der Waals surface area contributed by atoms with Crippen molar-refractivity contribution in [2.24, 2.45) is 0 Å². The molecule has 0 spiro atoms. The van der Waals surface area contributed by atoms with E-state index in [0.717, 1.165) is 11.1 Å². The van der Waals surface area contributed by atoms with Crippen molar-refractivity contribution in [3.05, 3.63) is 81.3 Å². The monoisotopic (exact) mass is 439 g/mol. The van der Waals surface area contributed by atoms with Gasteiger partial charge in [0.15, 0.2) is 16.5 Å². The van der Waals surface area contributed by atoms with Crippen LogP contribution in [0.5, 0.6) is 11.5 Å². The Morgan fingerprint density at radius 2 is 1.77 bits per heavy atom. The summed E-state index contributed by atoms with van der Waals surface area (Å²) in [5.74, 6) is 1.05. The number of thiazole rings is 1.